The Morgan fingerprint density at radius 2 is 1.76 bits per heavy atom. The number of nitrogen functional groups attached to an aromatic ring is 2. The van der Waals surface area contributed by atoms with Gasteiger partial charge in [0.1, 0.15) is 12.4 Å². The van der Waals surface area contributed by atoms with Crippen LogP contribution >= 0.6 is 0 Å². The molecule has 2 aromatic rings. The molecule has 176 valence electrons. The van der Waals surface area contributed by atoms with E-state index in [9.17, 15) is 9.59 Å². The summed E-state index contributed by atoms with van der Waals surface area (Å²) in [5.41, 5.74) is 14.1. The van der Waals surface area contributed by atoms with Crippen molar-refractivity contribution in [2.45, 2.75) is 58.5 Å². The molecule has 0 amide bonds. The van der Waals surface area contributed by atoms with Crippen molar-refractivity contribution < 1.29 is 19.1 Å². The number of hydrogen-bond donors (Lipinski definition) is 2. The minimum Gasteiger partial charge on any atom is -0.458 e. The fourth-order valence-corrected chi connectivity index (χ4v) is 4.13. The van der Waals surface area contributed by atoms with E-state index in [1.807, 2.05) is 0 Å². The van der Waals surface area contributed by atoms with Crippen LogP contribution in [-0.2, 0) is 20.9 Å². The van der Waals surface area contributed by atoms with E-state index in [1.165, 1.54) is 25.3 Å². The Morgan fingerprint density at radius 3 is 2.42 bits per heavy atom. The summed E-state index contributed by atoms with van der Waals surface area (Å²) in [5.74, 6) is 0.656. The zero-order valence-corrected chi connectivity index (χ0v) is 19.3. The van der Waals surface area contributed by atoms with Crippen molar-refractivity contribution in [1.29, 1.82) is 0 Å². The normalized spacial score (nSPS) is 18.2. The SMILES string of the molecule is CCCCC1CCC(C(=O)Oc2ccc(C=CC(=O)OCc3ccc(N)cc3N)cc2)CC1. The number of rotatable bonds is 9. The highest BCUT2D eigenvalue weighted by Crippen LogP contribution is 2.32. The summed E-state index contributed by atoms with van der Waals surface area (Å²) in [7, 11) is 0. The Balaban J connectivity index is 1.43. The summed E-state index contributed by atoms with van der Waals surface area (Å²) in [6.45, 7) is 2.29. The first-order chi connectivity index (χ1) is 15.9. The molecule has 1 aliphatic rings. The van der Waals surface area contributed by atoms with E-state index in [2.05, 4.69) is 6.92 Å². The molecule has 4 N–H and O–H groups in total. The van der Waals surface area contributed by atoms with Crippen LogP contribution in [0.25, 0.3) is 6.08 Å². The number of esters is 2. The van der Waals surface area contributed by atoms with E-state index in [4.69, 9.17) is 20.9 Å². The first-order valence-electron chi connectivity index (χ1n) is 11.7. The Hall–Kier alpha value is -3.28. The van der Waals surface area contributed by atoms with Gasteiger partial charge >= 0.3 is 11.9 Å². The van der Waals surface area contributed by atoms with Crippen molar-refractivity contribution in [2.75, 3.05) is 11.5 Å². The zero-order valence-electron chi connectivity index (χ0n) is 19.3. The molecule has 6 heteroatoms. The third-order valence-electron chi connectivity index (χ3n) is 6.20. The van der Waals surface area contributed by atoms with Crippen molar-refractivity contribution in [3.05, 3.63) is 59.7 Å². The highest BCUT2D eigenvalue weighted by atomic mass is 16.5. The predicted molar refractivity (Wildman–Crippen MR) is 131 cm³/mol. The molecule has 3 rings (SSSR count). The summed E-state index contributed by atoms with van der Waals surface area (Å²) in [6, 6.07) is 12.2. The summed E-state index contributed by atoms with van der Waals surface area (Å²) in [5, 5.41) is 0. The standard InChI is InChI=1S/C27H34N2O4/c1-2-3-4-19-5-10-21(11-6-19)27(31)33-24-14-7-20(8-15-24)9-16-26(30)32-18-22-12-13-23(28)17-25(22)29/h7-9,12-17,19,21H,2-6,10-11,18,28-29H2,1H3. The molecule has 1 fully saturated rings. The molecular weight excluding hydrogens is 416 g/mol. The van der Waals surface area contributed by atoms with E-state index >= 15 is 0 Å². The van der Waals surface area contributed by atoms with E-state index in [0.29, 0.717) is 22.7 Å². The van der Waals surface area contributed by atoms with Gasteiger partial charge in [0.2, 0.25) is 0 Å². The smallest absolute Gasteiger partial charge is 0.331 e. The second-order valence-corrected chi connectivity index (χ2v) is 8.75. The number of carbonyl (C=O) groups excluding carboxylic acids is 2. The Kier molecular flexibility index (Phi) is 8.93. The lowest BCUT2D eigenvalue weighted by atomic mass is 9.80. The number of anilines is 2. The van der Waals surface area contributed by atoms with E-state index < -0.39 is 5.97 Å². The number of unbranched alkanes of at least 4 members (excludes halogenated alkanes) is 1. The Labute approximate surface area is 195 Å². The van der Waals surface area contributed by atoms with Crippen LogP contribution in [0, 0.1) is 11.8 Å². The highest BCUT2D eigenvalue weighted by Gasteiger charge is 2.27. The monoisotopic (exact) mass is 450 g/mol. The maximum absolute atomic E-state index is 12.5. The minimum atomic E-state index is -0.476. The van der Waals surface area contributed by atoms with Gasteiger partial charge in [-0.05, 0) is 67.5 Å². The van der Waals surface area contributed by atoms with Gasteiger partial charge in [0, 0.05) is 23.0 Å². The number of carbonyl (C=O) groups is 2. The van der Waals surface area contributed by atoms with Gasteiger partial charge in [0.05, 0.1) is 5.92 Å². The molecule has 33 heavy (non-hydrogen) atoms. The molecule has 0 heterocycles. The van der Waals surface area contributed by atoms with E-state index in [0.717, 1.165) is 37.2 Å². The lowest BCUT2D eigenvalue weighted by Gasteiger charge is -2.27. The molecule has 0 aromatic heterocycles. The van der Waals surface area contributed by atoms with Gasteiger partial charge in [-0.1, -0.05) is 44.4 Å². The average Bonchev–Trinajstić information content (AvgIpc) is 2.82. The molecule has 0 spiro atoms. The first-order valence-corrected chi connectivity index (χ1v) is 11.7. The third-order valence-corrected chi connectivity index (χ3v) is 6.20. The average molecular weight is 451 g/mol. The van der Waals surface area contributed by atoms with Crippen LogP contribution in [0.3, 0.4) is 0 Å². The van der Waals surface area contributed by atoms with Gasteiger partial charge in [-0.25, -0.2) is 4.79 Å². The minimum absolute atomic E-state index is 0.00712. The van der Waals surface area contributed by atoms with Crippen LogP contribution in [-0.4, -0.2) is 11.9 Å². The van der Waals surface area contributed by atoms with Crippen molar-refractivity contribution in [1.82, 2.24) is 0 Å². The van der Waals surface area contributed by atoms with Crippen molar-refractivity contribution in [3.63, 3.8) is 0 Å². The van der Waals surface area contributed by atoms with E-state index in [-0.39, 0.29) is 18.5 Å². The van der Waals surface area contributed by atoms with Crippen LogP contribution in [0.5, 0.6) is 5.75 Å². The summed E-state index contributed by atoms with van der Waals surface area (Å²) in [6.07, 6.45) is 10.8. The van der Waals surface area contributed by atoms with Crippen LogP contribution in [0.2, 0.25) is 0 Å². The van der Waals surface area contributed by atoms with Crippen LogP contribution in [0.15, 0.2) is 48.5 Å². The van der Waals surface area contributed by atoms with Gasteiger partial charge in [-0.3, -0.25) is 4.79 Å². The zero-order chi connectivity index (χ0) is 23.6. The number of hydrogen-bond acceptors (Lipinski definition) is 6. The molecule has 0 atom stereocenters. The lowest BCUT2D eigenvalue weighted by Crippen LogP contribution is -2.25. The van der Waals surface area contributed by atoms with Crippen molar-refractivity contribution in [3.8, 4) is 5.75 Å². The van der Waals surface area contributed by atoms with Gasteiger partial charge in [0.15, 0.2) is 0 Å². The first kappa shape index (κ1) is 24.4. The highest BCUT2D eigenvalue weighted by molar-refractivity contribution is 5.87. The Bertz CT molecular complexity index is 961. The molecule has 0 saturated heterocycles. The van der Waals surface area contributed by atoms with Crippen LogP contribution in [0.4, 0.5) is 11.4 Å². The number of ether oxygens (including phenoxy) is 2. The van der Waals surface area contributed by atoms with Gasteiger partial charge in [-0.2, -0.15) is 0 Å². The molecule has 0 bridgehead atoms. The van der Waals surface area contributed by atoms with E-state index in [1.54, 1.807) is 48.5 Å². The maximum Gasteiger partial charge on any atom is 0.331 e. The molecule has 0 unspecified atom stereocenters. The molecule has 0 radical (unpaired) electrons. The second-order valence-electron chi connectivity index (χ2n) is 8.75. The summed E-state index contributed by atoms with van der Waals surface area (Å²) in [4.78, 5) is 24.5. The number of nitrogens with two attached hydrogens (primary N) is 2. The van der Waals surface area contributed by atoms with Crippen molar-refractivity contribution in [2.24, 2.45) is 11.8 Å². The van der Waals surface area contributed by atoms with Gasteiger partial charge in [0.25, 0.3) is 0 Å². The van der Waals surface area contributed by atoms with Gasteiger partial charge in [-0.15, -0.1) is 0 Å². The predicted octanol–water partition coefficient (Wildman–Crippen LogP) is 5.51. The lowest BCUT2D eigenvalue weighted by molar-refractivity contribution is -0.140. The van der Waals surface area contributed by atoms with Crippen molar-refractivity contribution >= 4 is 29.4 Å². The largest absolute Gasteiger partial charge is 0.458 e. The summed E-state index contributed by atoms with van der Waals surface area (Å²) >= 11 is 0. The molecular formula is C27H34N2O4. The molecule has 1 saturated carbocycles. The molecule has 2 aromatic carbocycles. The Morgan fingerprint density at radius 1 is 1.03 bits per heavy atom. The molecule has 6 nitrogen and oxygen atoms in total. The van der Waals surface area contributed by atoms with Crippen LogP contribution in [0.1, 0.15) is 63.0 Å². The molecule has 1 aliphatic carbocycles. The third kappa shape index (κ3) is 7.67. The maximum atomic E-state index is 12.5. The van der Waals surface area contributed by atoms with Gasteiger partial charge < -0.3 is 20.9 Å². The fourth-order valence-electron chi connectivity index (χ4n) is 4.13. The molecule has 0 aliphatic heterocycles. The topological polar surface area (TPSA) is 105 Å². The fraction of sp³-hybridized carbons (Fsp3) is 0.407. The second kappa shape index (κ2) is 12.1. The van der Waals surface area contributed by atoms with Crippen LogP contribution < -0.4 is 16.2 Å². The quantitative estimate of drug-likeness (QED) is 0.226. The number of benzene rings is 2. The summed E-state index contributed by atoms with van der Waals surface area (Å²) < 4.78 is 10.8.